The Morgan fingerprint density at radius 1 is 1.25 bits per heavy atom. The van der Waals surface area contributed by atoms with Crippen LogP contribution in [0.3, 0.4) is 0 Å². The molecule has 0 radical (unpaired) electrons. The fourth-order valence-electron chi connectivity index (χ4n) is 4.64. The molecule has 1 aliphatic rings. The molecule has 11 heteroatoms. The highest BCUT2D eigenvalue weighted by Crippen LogP contribution is 2.36. The van der Waals surface area contributed by atoms with Crippen LogP contribution < -0.4 is 9.47 Å². The maximum atomic E-state index is 15.2. The number of likely N-dealkylation sites (N-methyl/N-ethyl adjacent to an activating group) is 1. The summed E-state index contributed by atoms with van der Waals surface area (Å²) < 4.78 is 30.7. The van der Waals surface area contributed by atoms with Crippen LogP contribution in [0.2, 0.25) is 0 Å². The zero-order valence-corrected chi connectivity index (χ0v) is 20.8. The van der Waals surface area contributed by atoms with Crippen LogP contribution in [0, 0.1) is 5.82 Å². The first kappa shape index (κ1) is 24.0. The number of hydrogen-bond donors (Lipinski definition) is 2. The summed E-state index contributed by atoms with van der Waals surface area (Å²) in [4.78, 5) is 2.12. The third-order valence-corrected chi connectivity index (χ3v) is 6.22. The van der Waals surface area contributed by atoms with Crippen molar-refractivity contribution in [3.63, 3.8) is 0 Å². The summed E-state index contributed by atoms with van der Waals surface area (Å²) in [5.41, 5.74) is 3.92. The van der Waals surface area contributed by atoms with Crippen molar-refractivity contribution in [2.45, 2.75) is 33.0 Å². The second kappa shape index (κ2) is 9.75. The Labute approximate surface area is 207 Å². The van der Waals surface area contributed by atoms with E-state index in [0.29, 0.717) is 60.3 Å². The molecule has 2 N–H and O–H groups in total. The van der Waals surface area contributed by atoms with Gasteiger partial charge in [-0.1, -0.05) is 0 Å². The van der Waals surface area contributed by atoms with Crippen LogP contribution in [0.5, 0.6) is 11.8 Å². The second-order valence-corrected chi connectivity index (χ2v) is 8.98. The summed E-state index contributed by atoms with van der Waals surface area (Å²) >= 11 is 0. The van der Waals surface area contributed by atoms with E-state index < -0.39 is 0 Å². The standard InChI is InChI=1S/C25H30FN7O3/c1-5-35-24-16-6-7-21-18-10-17(20(26)11-22(18)29-28-21)19-12-27-32(4)25(19)36-15(2)13-31(3)14-23(16)33(30-24)8-9-34/h6-7,10-12,15,34H,5,8-9,13-14H2,1-4H3,(H,28,29)/b7-6+/t15-/m0/s1. The number of aromatic amines is 1. The molecule has 2 bridgehead atoms. The Kier molecular flexibility index (Phi) is 6.50. The van der Waals surface area contributed by atoms with Crippen molar-refractivity contribution in [2.24, 2.45) is 7.05 Å². The van der Waals surface area contributed by atoms with E-state index in [-0.39, 0.29) is 18.5 Å². The third-order valence-electron chi connectivity index (χ3n) is 6.22. The van der Waals surface area contributed by atoms with Gasteiger partial charge >= 0.3 is 0 Å². The van der Waals surface area contributed by atoms with Crippen LogP contribution in [0.15, 0.2) is 18.3 Å². The lowest BCUT2D eigenvalue weighted by Gasteiger charge is -2.23. The molecule has 0 saturated carbocycles. The molecule has 5 rings (SSSR count). The minimum Gasteiger partial charge on any atom is -0.476 e. The quantitative estimate of drug-likeness (QED) is 0.448. The molecule has 4 heterocycles. The number of aromatic nitrogens is 6. The summed E-state index contributed by atoms with van der Waals surface area (Å²) in [5, 5.41) is 26.7. The molecule has 4 aromatic rings. The highest BCUT2D eigenvalue weighted by molar-refractivity contribution is 5.93. The van der Waals surface area contributed by atoms with E-state index in [1.54, 1.807) is 28.7 Å². The molecular weight excluding hydrogens is 465 g/mol. The van der Waals surface area contributed by atoms with Crippen molar-refractivity contribution in [3.05, 3.63) is 41.1 Å². The van der Waals surface area contributed by atoms with Crippen LogP contribution in [0.4, 0.5) is 4.39 Å². The minimum absolute atomic E-state index is 0.0474. The molecule has 1 aliphatic heterocycles. The van der Waals surface area contributed by atoms with Crippen molar-refractivity contribution in [2.75, 3.05) is 26.8 Å². The van der Waals surface area contributed by atoms with Gasteiger partial charge in [0.25, 0.3) is 0 Å². The minimum atomic E-state index is -0.389. The van der Waals surface area contributed by atoms with Gasteiger partial charge in [-0.2, -0.15) is 10.2 Å². The van der Waals surface area contributed by atoms with E-state index in [0.717, 1.165) is 16.6 Å². The van der Waals surface area contributed by atoms with Crippen LogP contribution >= 0.6 is 0 Å². The Balaban J connectivity index is 1.71. The zero-order valence-electron chi connectivity index (χ0n) is 20.8. The SMILES string of the molecule is CCOc1nn(CCO)c2c1/C=C/c1n[nH]c3cc(F)c(cc13)-c1cnn(C)c1O[C@@H](C)CN(C)C2. The van der Waals surface area contributed by atoms with E-state index in [2.05, 4.69) is 25.3 Å². The summed E-state index contributed by atoms with van der Waals surface area (Å²) in [6.07, 6.45) is 5.20. The van der Waals surface area contributed by atoms with Crippen molar-refractivity contribution in [3.8, 4) is 22.9 Å². The largest absolute Gasteiger partial charge is 0.476 e. The van der Waals surface area contributed by atoms with Gasteiger partial charge in [-0.25, -0.2) is 9.07 Å². The van der Waals surface area contributed by atoms with E-state index in [1.807, 2.05) is 33.0 Å². The Morgan fingerprint density at radius 2 is 2.08 bits per heavy atom. The smallest absolute Gasteiger partial charge is 0.240 e. The molecular formula is C25H30FN7O3. The number of nitrogens with zero attached hydrogens (tertiary/aromatic N) is 6. The number of nitrogens with one attached hydrogen (secondary N) is 1. The lowest BCUT2D eigenvalue weighted by Crippen LogP contribution is -2.32. The van der Waals surface area contributed by atoms with Crippen molar-refractivity contribution >= 4 is 23.1 Å². The molecule has 0 amide bonds. The number of fused-ring (bicyclic) bond motifs is 4. The average Bonchev–Trinajstić information content (AvgIpc) is 3.48. The predicted octanol–water partition coefficient (Wildman–Crippen LogP) is 3.07. The summed E-state index contributed by atoms with van der Waals surface area (Å²) in [6.45, 7) is 5.76. The van der Waals surface area contributed by atoms with E-state index in [4.69, 9.17) is 9.47 Å². The summed E-state index contributed by atoms with van der Waals surface area (Å²) in [6, 6.07) is 3.21. The number of rotatable bonds is 4. The second-order valence-electron chi connectivity index (χ2n) is 8.98. The number of hydrogen-bond acceptors (Lipinski definition) is 7. The van der Waals surface area contributed by atoms with Crippen molar-refractivity contribution in [1.29, 1.82) is 0 Å². The Morgan fingerprint density at radius 3 is 2.86 bits per heavy atom. The number of aryl methyl sites for hydroxylation is 1. The van der Waals surface area contributed by atoms with Gasteiger partial charge in [0.1, 0.15) is 11.9 Å². The molecule has 0 unspecified atom stereocenters. The van der Waals surface area contributed by atoms with Crippen LogP contribution in [0.1, 0.15) is 30.8 Å². The highest BCUT2D eigenvalue weighted by atomic mass is 19.1. The van der Waals surface area contributed by atoms with E-state index in [1.165, 1.54) is 6.07 Å². The molecule has 1 aromatic carbocycles. The maximum Gasteiger partial charge on any atom is 0.240 e. The van der Waals surface area contributed by atoms with Crippen molar-refractivity contribution < 1.29 is 19.0 Å². The van der Waals surface area contributed by atoms with E-state index >= 15 is 4.39 Å². The van der Waals surface area contributed by atoms with Gasteiger partial charge in [0, 0.05) is 37.2 Å². The van der Waals surface area contributed by atoms with Gasteiger partial charge in [-0.3, -0.25) is 14.7 Å². The maximum absolute atomic E-state index is 15.2. The molecule has 0 fully saturated rings. The molecule has 190 valence electrons. The predicted molar refractivity (Wildman–Crippen MR) is 134 cm³/mol. The van der Waals surface area contributed by atoms with Crippen LogP contribution in [0.25, 0.3) is 34.2 Å². The van der Waals surface area contributed by atoms with Gasteiger partial charge in [-0.05, 0) is 39.1 Å². The topological polar surface area (TPSA) is 106 Å². The van der Waals surface area contributed by atoms with Crippen LogP contribution in [-0.4, -0.2) is 72.7 Å². The van der Waals surface area contributed by atoms with Crippen LogP contribution in [-0.2, 0) is 20.1 Å². The van der Waals surface area contributed by atoms with Gasteiger partial charge in [0.15, 0.2) is 0 Å². The third kappa shape index (κ3) is 4.35. The Bertz CT molecular complexity index is 1420. The zero-order chi connectivity index (χ0) is 25.4. The molecule has 1 atom stereocenters. The van der Waals surface area contributed by atoms with Gasteiger partial charge in [-0.15, -0.1) is 5.10 Å². The lowest BCUT2D eigenvalue weighted by molar-refractivity contribution is 0.146. The molecule has 10 nitrogen and oxygen atoms in total. The fourth-order valence-corrected chi connectivity index (χ4v) is 4.64. The van der Waals surface area contributed by atoms with Gasteiger partial charge in [0.05, 0.1) is 54.0 Å². The Hall–Kier alpha value is -3.70. The number of benzene rings is 1. The van der Waals surface area contributed by atoms with Gasteiger partial charge in [0.2, 0.25) is 11.8 Å². The first-order chi connectivity index (χ1) is 17.4. The summed E-state index contributed by atoms with van der Waals surface area (Å²) in [5.74, 6) is 0.596. The molecule has 0 saturated heterocycles. The molecule has 3 aromatic heterocycles. The number of halogens is 1. The lowest BCUT2D eigenvalue weighted by atomic mass is 10.0. The summed E-state index contributed by atoms with van der Waals surface area (Å²) in [7, 11) is 3.77. The first-order valence-corrected chi connectivity index (χ1v) is 12.0. The number of ether oxygens (including phenoxy) is 2. The normalized spacial score (nSPS) is 17.3. The number of aliphatic hydroxyl groups is 1. The van der Waals surface area contributed by atoms with Crippen molar-refractivity contribution in [1.82, 2.24) is 34.7 Å². The van der Waals surface area contributed by atoms with Gasteiger partial charge < -0.3 is 14.6 Å². The number of H-pyrrole nitrogens is 1. The molecule has 0 spiro atoms. The molecule has 0 aliphatic carbocycles. The number of aliphatic hydroxyl groups excluding tert-OH is 1. The molecule has 36 heavy (non-hydrogen) atoms. The monoisotopic (exact) mass is 495 g/mol. The highest BCUT2D eigenvalue weighted by Gasteiger charge is 2.23. The fraction of sp³-hybridized carbons (Fsp3) is 0.400. The van der Waals surface area contributed by atoms with E-state index in [9.17, 15) is 5.11 Å². The first-order valence-electron chi connectivity index (χ1n) is 12.0. The average molecular weight is 496 g/mol.